The van der Waals surface area contributed by atoms with Crippen LogP contribution in [0.2, 0.25) is 0 Å². The van der Waals surface area contributed by atoms with Gasteiger partial charge in [0.1, 0.15) is 0 Å². The second-order valence-electron chi connectivity index (χ2n) is 5.93. The van der Waals surface area contributed by atoms with Crippen LogP contribution in [0.1, 0.15) is 47.0 Å². The first-order chi connectivity index (χ1) is 8.93. The van der Waals surface area contributed by atoms with Gasteiger partial charge in [0, 0.05) is 0 Å². The van der Waals surface area contributed by atoms with Crippen molar-refractivity contribution in [3.8, 4) is 0 Å². The van der Waals surface area contributed by atoms with Crippen molar-refractivity contribution in [3.05, 3.63) is 44.9 Å². The zero-order chi connectivity index (χ0) is 14.0. The van der Waals surface area contributed by atoms with Crippen molar-refractivity contribution in [2.24, 2.45) is 0 Å². The van der Waals surface area contributed by atoms with Gasteiger partial charge in [-0.25, -0.2) is 0 Å². The molecule has 0 amide bonds. The molecule has 4 heteroatoms. The molecular weight excluding hydrogens is 339 g/mol. The fourth-order valence-electron chi connectivity index (χ4n) is 2.89. The smallest absolute Gasteiger partial charge is 1.00 e. The molecule has 0 bridgehead atoms. The van der Waals surface area contributed by atoms with Gasteiger partial charge in [-0.1, -0.05) is 0 Å². The van der Waals surface area contributed by atoms with Gasteiger partial charge in [-0.15, -0.1) is 0 Å². The van der Waals surface area contributed by atoms with E-state index in [9.17, 15) is 0 Å². The molecule has 1 unspecified atom stereocenters. The Morgan fingerprint density at radius 1 is 1.29 bits per heavy atom. The summed E-state index contributed by atoms with van der Waals surface area (Å²) in [5.74, 6) is 0. The van der Waals surface area contributed by atoms with Crippen LogP contribution < -0.4 is 24.8 Å². The molecule has 0 saturated heterocycles. The number of hydrogen-bond donors (Lipinski definition) is 0. The summed E-state index contributed by atoms with van der Waals surface area (Å²) < 4.78 is 7.86. The van der Waals surface area contributed by atoms with Crippen molar-refractivity contribution < 1.29 is 50.0 Å². The summed E-state index contributed by atoms with van der Waals surface area (Å²) >= 11 is 2.24. The Balaban J connectivity index is 0.00000200. The molecule has 0 aromatic rings. The molecular formula is C17H23Cl2OTi. The Hall–Kier alpha value is 0.214. The molecule has 2 aliphatic rings. The Morgan fingerprint density at radius 3 is 2.43 bits per heavy atom. The van der Waals surface area contributed by atoms with Crippen LogP contribution in [0.4, 0.5) is 0 Å². The van der Waals surface area contributed by atoms with Crippen LogP contribution in [0.25, 0.3) is 0 Å². The molecule has 1 atom stereocenters. The topological polar surface area (TPSA) is 9.23 Å². The quantitative estimate of drug-likeness (QED) is 0.560. The zero-order valence-corrected chi connectivity index (χ0v) is 16.2. The van der Waals surface area contributed by atoms with Gasteiger partial charge < -0.3 is 24.8 Å². The third-order valence-corrected chi connectivity index (χ3v) is 4.70. The second kappa shape index (κ2) is 8.74. The third kappa shape index (κ3) is 5.11. The number of ether oxygens (including phenoxy) is 1. The maximum absolute atomic E-state index is 6.37. The van der Waals surface area contributed by atoms with Gasteiger partial charge in [0.15, 0.2) is 0 Å². The standard InChI is InChI=1S/C17H23O.2ClH.Ti/c1-13(2)18-17(12-16-7-5-6-8-16)10-9-14(3)11-15(17)4;;;/h5,7,9,11,13H,6,10,12H2,1-4H3;2*1H;/q;;;+2/p-2. The zero-order valence-electron chi connectivity index (χ0n) is 13.2. The van der Waals surface area contributed by atoms with Gasteiger partial charge >= 0.3 is 129 Å². The van der Waals surface area contributed by atoms with Crippen LogP contribution in [-0.2, 0) is 25.2 Å². The van der Waals surface area contributed by atoms with E-state index in [-0.39, 0.29) is 36.5 Å². The third-order valence-electron chi connectivity index (χ3n) is 3.88. The predicted molar refractivity (Wildman–Crippen MR) is 76.5 cm³/mol. The van der Waals surface area contributed by atoms with Crippen LogP contribution in [0.3, 0.4) is 0 Å². The summed E-state index contributed by atoms with van der Waals surface area (Å²) in [6.45, 7) is 8.65. The number of rotatable bonds is 4. The van der Waals surface area contributed by atoms with Gasteiger partial charge in [-0.3, -0.25) is 0 Å². The largest absolute Gasteiger partial charge is 1.00 e. The van der Waals surface area contributed by atoms with E-state index >= 15 is 0 Å². The van der Waals surface area contributed by atoms with E-state index < -0.39 is 0 Å². The van der Waals surface area contributed by atoms with Gasteiger partial charge in [0.2, 0.25) is 0 Å². The maximum Gasteiger partial charge on any atom is -1.00 e. The van der Waals surface area contributed by atoms with Crippen molar-refractivity contribution in [1.82, 2.24) is 0 Å². The Kier molecular flexibility index (Phi) is 8.83. The molecule has 0 fully saturated rings. The first-order valence-electron chi connectivity index (χ1n) is 7.06. The average Bonchev–Trinajstić information content (AvgIpc) is 2.69. The molecule has 2 aliphatic carbocycles. The predicted octanol–water partition coefficient (Wildman–Crippen LogP) is -1.39. The Morgan fingerprint density at radius 2 is 1.95 bits per heavy atom. The van der Waals surface area contributed by atoms with Crippen LogP contribution in [0.15, 0.2) is 44.9 Å². The summed E-state index contributed by atoms with van der Waals surface area (Å²) in [7, 11) is 0. The van der Waals surface area contributed by atoms with Crippen LogP contribution in [0, 0.1) is 0 Å². The second-order valence-corrected chi connectivity index (χ2v) is 6.87. The molecule has 0 heterocycles. The van der Waals surface area contributed by atoms with E-state index in [0.717, 1.165) is 19.3 Å². The van der Waals surface area contributed by atoms with Gasteiger partial charge in [0.25, 0.3) is 0 Å². The summed E-state index contributed by atoms with van der Waals surface area (Å²) in [4.78, 5) is 0. The van der Waals surface area contributed by atoms with E-state index in [1.54, 1.807) is 0 Å². The molecule has 0 aliphatic heterocycles. The van der Waals surface area contributed by atoms with E-state index in [0.29, 0.717) is 0 Å². The maximum atomic E-state index is 6.37. The van der Waals surface area contributed by atoms with Crippen molar-refractivity contribution in [2.75, 3.05) is 0 Å². The van der Waals surface area contributed by atoms with Gasteiger partial charge in [-0.05, 0) is 0 Å². The summed E-state index contributed by atoms with van der Waals surface area (Å²) in [6, 6.07) is 0. The summed E-state index contributed by atoms with van der Waals surface area (Å²) in [5.41, 5.74) is 4.04. The van der Waals surface area contributed by atoms with Crippen molar-refractivity contribution in [2.45, 2.75) is 58.7 Å². The molecule has 0 aromatic carbocycles. The molecule has 0 spiro atoms. The fraction of sp³-hybridized carbons (Fsp3) is 0.529. The van der Waals surface area contributed by atoms with Crippen molar-refractivity contribution >= 4 is 0 Å². The first-order valence-corrected chi connectivity index (χ1v) is 7.84. The molecule has 2 rings (SSSR count). The normalized spacial score (nSPS) is 24.5. The molecule has 115 valence electrons. The van der Waals surface area contributed by atoms with Crippen LogP contribution in [-0.4, -0.2) is 11.7 Å². The molecule has 21 heavy (non-hydrogen) atoms. The molecule has 1 nitrogen and oxygen atoms in total. The number of allylic oxidation sites excluding steroid dienone is 5. The van der Waals surface area contributed by atoms with E-state index in [1.165, 1.54) is 20.6 Å². The minimum absolute atomic E-state index is 0. The van der Waals surface area contributed by atoms with E-state index in [4.69, 9.17) is 4.74 Å². The van der Waals surface area contributed by atoms with Crippen LogP contribution >= 0.6 is 0 Å². The Bertz CT molecular complexity index is 489. The minimum atomic E-state index is -0.140. The SMILES string of the molecule is CC1=CCC(CC2=[C]([Ti+2])CC=C2)(OC(C)C)C(C)=C1.[Cl-].[Cl-]. The molecule has 0 aromatic heterocycles. The summed E-state index contributed by atoms with van der Waals surface area (Å²) in [6.07, 6.45) is 12.5. The fourth-order valence-corrected chi connectivity index (χ4v) is 3.34. The molecule has 0 N–H and O–H groups in total. The van der Waals surface area contributed by atoms with Crippen molar-refractivity contribution in [1.29, 1.82) is 0 Å². The Labute approximate surface area is 153 Å². The average molecular weight is 362 g/mol. The summed E-state index contributed by atoms with van der Waals surface area (Å²) in [5, 5.41) is 0. The minimum Gasteiger partial charge on any atom is -1.00 e. The molecule has 0 saturated carbocycles. The number of halogens is 2. The van der Waals surface area contributed by atoms with Crippen molar-refractivity contribution in [3.63, 3.8) is 0 Å². The van der Waals surface area contributed by atoms with E-state index in [1.807, 2.05) is 0 Å². The van der Waals surface area contributed by atoms with Gasteiger partial charge in [-0.2, -0.15) is 0 Å². The molecule has 0 radical (unpaired) electrons. The van der Waals surface area contributed by atoms with Crippen LogP contribution in [0.5, 0.6) is 0 Å². The monoisotopic (exact) mass is 361 g/mol. The van der Waals surface area contributed by atoms with Gasteiger partial charge in [0.05, 0.1) is 0 Å². The first kappa shape index (κ1) is 21.2. The van der Waals surface area contributed by atoms with E-state index in [2.05, 4.69) is 72.4 Å². The number of hydrogen-bond acceptors (Lipinski definition) is 1.